The van der Waals surface area contributed by atoms with Crippen LogP contribution in [0.15, 0.2) is 29.6 Å². The number of rotatable bonds is 4. The lowest BCUT2D eigenvalue weighted by molar-refractivity contribution is -0.117. The van der Waals surface area contributed by atoms with Crippen molar-refractivity contribution in [2.24, 2.45) is 0 Å². The third-order valence-electron chi connectivity index (χ3n) is 4.74. The number of nitrogens with one attached hydrogen (secondary N) is 1. The Bertz CT molecular complexity index is 689. The van der Waals surface area contributed by atoms with E-state index in [1.165, 1.54) is 25.7 Å². The van der Waals surface area contributed by atoms with Crippen molar-refractivity contribution in [2.45, 2.75) is 44.6 Å². The maximum Gasteiger partial charge on any atom is 0.227 e. The van der Waals surface area contributed by atoms with Gasteiger partial charge in [0.15, 0.2) is 5.13 Å². The van der Waals surface area contributed by atoms with Crippen LogP contribution in [0.1, 0.15) is 38.5 Å². The number of hydrogen-bond donors (Lipinski definition) is 1. The minimum absolute atomic E-state index is 0.231. The highest BCUT2D eigenvalue weighted by molar-refractivity contribution is 7.14. The van der Waals surface area contributed by atoms with E-state index < -0.39 is 0 Å². The maximum atomic E-state index is 11.8. The zero-order chi connectivity index (χ0) is 15.6. The van der Waals surface area contributed by atoms with E-state index in [9.17, 15) is 4.79 Å². The molecule has 0 spiro atoms. The van der Waals surface area contributed by atoms with Crippen molar-refractivity contribution in [3.8, 4) is 11.3 Å². The number of anilines is 2. The molecule has 2 aromatic rings. The molecule has 1 saturated heterocycles. The van der Waals surface area contributed by atoms with Crippen LogP contribution in [-0.4, -0.2) is 23.5 Å². The van der Waals surface area contributed by atoms with Crippen molar-refractivity contribution < 1.29 is 4.79 Å². The van der Waals surface area contributed by atoms with Gasteiger partial charge in [0.25, 0.3) is 0 Å². The molecule has 4 rings (SSSR count). The predicted octanol–water partition coefficient (Wildman–Crippen LogP) is 4.29. The first-order chi connectivity index (χ1) is 11.3. The zero-order valence-electron chi connectivity index (χ0n) is 13.1. The average Bonchev–Trinajstić information content (AvgIpc) is 3.30. The van der Waals surface area contributed by atoms with Crippen LogP contribution in [0.2, 0.25) is 0 Å². The van der Waals surface area contributed by atoms with Crippen LogP contribution in [0.5, 0.6) is 0 Å². The number of hydrogen-bond acceptors (Lipinski definition) is 4. The summed E-state index contributed by atoms with van der Waals surface area (Å²) in [5.41, 5.74) is 3.11. The lowest BCUT2D eigenvalue weighted by Gasteiger charge is -2.15. The third kappa shape index (κ3) is 3.11. The van der Waals surface area contributed by atoms with Crippen molar-refractivity contribution in [3.63, 3.8) is 0 Å². The minimum atomic E-state index is 0.231. The van der Waals surface area contributed by atoms with Gasteiger partial charge in [0.2, 0.25) is 5.91 Å². The predicted molar refractivity (Wildman–Crippen MR) is 95.0 cm³/mol. The van der Waals surface area contributed by atoms with Crippen LogP contribution in [0.25, 0.3) is 11.3 Å². The van der Waals surface area contributed by atoms with Gasteiger partial charge < -0.3 is 10.2 Å². The molecule has 23 heavy (non-hydrogen) atoms. The van der Waals surface area contributed by atoms with Gasteiger partial charge in [0.05, 0.1) is 5.69 Å². The number of nitrogens with zero attached hydrogens (tertiary/aromatic N) is 2. The van der Waals surface area contributed by atoms with Gasteiger partial charge in [0.1, 0.15) is 0 Å². The molecule has 1 aromatic heterocycles. The highest BCUT2D eigenvalue weighted by Gasteiger charge is 2.21. The normalized spacial score (nSPS) is 18.8. The van der Waals surface area contributed by atoms with Crippen LogP contribution >= 0.6 is 11.3 Å². The lowest BCUT2D eigenvalue weighted by atomic mass is 10.1. The van der Waals surface area contributed by atoms with Crippen LogP contribution in [-0.2, 0) is 4.79 Å². The molecule has 0 atom stereocenters. The number of benzene rings is 1. The van der Waals surface area contributed by atoms with Crippen molar-refractivity contribution in [2.75, 3.05) is 16.8 Å². The molecular formula is C18H21N3OS. The van der Waals surface area contributed by atoms with Crippen LogP contribution in [0.4, 0.5) is 10.8 Å². The molecule has 1 aromatic carbocycles. The van der Waals surface area contributed by atoms with Crippen molar-refractivity contribution in [1.29, 1.82) is 0 Å². The summed E-state index contributed by atoms with van der Waals surface area (Å²) in [6, 6.07) is 8.78. The van der Waals surface area contributed by atoms with Crippen LogP contribution in [0, 0.1) is 0 Å². The first-order valence-corrected chi connectivity index (χ1v) is 9.30. The number of thiazole rings is 1. The molecule has 1 aliphatic heterocycles. The van der Waals surface area contributed by atoms with E-state index in [4.69, 9.17) is 4.98 Å². The molecule has 0 radical (unpaired) electrons. The Morgan fingerprint density at radius 3 is 2.61 bits per heavy atom. The molecule has 2 aliphatic rings. The SMILES string of the molecule is O=C1CCCN1c1ccc(-c2csc(NC3CCCC3)n2)cc1. The monoisotopic (exact) mass is 327 g/mol. The highest BCUT2D eigenvalue weighted by atomic mass is 32.1. The van der Waals surface area contributed by atoms with E-state index >= 15 is 0 Å². The molecule has 0 bridgehead atoms. The highest BCUT2D eigenvalue weighted by Crippen LogP contribution is 2.30. The van der Waals surface area contributed by atoms with Crippen LogP contribution in [0.3, 0.4) is 0 Å². The van der Waals surface area contributed by atoms with Gasteiger partial charge in [-0.1, -0.05) is 25.0 Å². The Morgan fingerprint density at radius 1 is 1.13 bits per heavy atom. The van der Waals surface area contributed by atoms with Gasteiger partial charge in [-0.3, -0.25) is 4.79 Å². The van der Waals surface area contributed by atoms with Crippen molar-refractivity contribution >= 4 is 28.1 Å². The van der Waals surface area contributed by atoms with Gasteiger partial charge in [-0.2, -0.15) is 0 Å². The summed E-state index contributed by atoms with van der Waals surface area (Å²) in [5.74, 6) is 0.231. The van der Waals surface area contributed by atoms with E-state index in [-0.39, 0.29) is 5.91 Å². The third-order valence-corrected chi connectivity index (χ3v) is 5.51. The Labute approximate surface area is 140 Å². The average molecular weight is 327 g/mol. The summed E-state index contributed by atoms with van der Waals surface area (Å²) in [6.45, 7) is 0.838. The number of carbonyl (C=O) groups excluding carboxylic acids is 1. The van der Waals surface area contributed by atoms with E-state index in [1.807, 2.05) is 17.0 Å². The molecule has 1 amide bonds. The second-order valence-corrected chi connectivity index (χ2v) is 7.22. The Balaban J connectivity index is 1.47. The Morgan fingerprint density at radius 2 is 1.91 bits per heavy atom. The van der Waals surface area contributed by atoms with Gasteiger partial charge in [0, 0.05) is 35.6 Å². The summed E-state index contributed by atoms with van der Waals surface area (Å²) in [6.07, 6.45) is 6.80. The van der Waals surface area contributed by atoms with Gasteiger partial charge >= 0.3 is 0 Å². The summed E-state index contributed by atoms with van der Waals surface area (Å²) in [4.78, 5) is 18.4. The topological polar surface area (TPSA) is 45.2 Å². The van der Waals surface area contributed by atoms with Crippen LogP contribution < -0.4 is 10.2 Å². The molecule has 5 heteroatoms. The Kier molecular flexibility index (Phi) is 4.04. The summed E-state index contributed by atoms with van der Waals surface area (Å²) < 4.78 is 0. The molecule has 120 valence electrons. The van der Waals surface area contributed by atoms with E-state index in [1.54, 1.807) is 11.3 Å². The fraction of sp³-hybridized carbons (Fsp3) is 0.444. The smallest absolute Gasteiger partial charge is 0.227 e. The minimum Gasteiger partial charge on any atom is -0.359 e. The second kappa shape index (κ2) is 6.32. The second-order valence-electron chi connectivity index (χ2n) is 6.36. The summed E-state index contributed by atoms with van der Waals surface area (Å²) in [5, 5.41) is 6.67. The first-order valence-electron chi connectivity index (χ1n) is 8.42. The molecular weight excluding hydrogens is 306 g/mol. The zero-order valence-corrected chi connectivity index (χ0v) is 13.9. The first kappa shape index (κ1) is 14.7. The van der Waals surface area contributed by atoms with E-state index in [0.717, 1.165) is 35.0 Å². The van der Waals surface area contributed by atoms with Crippen molar-refractivity contribution in [3.05, 3.63) is 29.6 Å². The maximum absolute atomic E-state index is 11.8. The molecule has 2 fully saturated rings. The van der Waals surface area contributed by atoms with Gasteiger partial charge in [-0.25, -0.2) is 4.98 Å². The quantitative estimate of drug-likeness (QED) is 0.911. The van der Waals surface area contributed by atoms with Gasteiger partial charge in [-0.15, -0.1) is 11.3 Å². The van der Waals surface area contributed by atoms with Crippen molar-refractivity contribution in [1.82, 2.24) is 4.98 Å². The van der Waals surface area contributed by atoms with E-state index in [0.29, 0.717) is 12.5 Å². The fourth-order valence-electron chi connectivity index (χ4n) is 3.45. The summed E-state index contributed by atoms with van der Waals surface area (Å²) >= 11 is 1.67. The number of amides is 1. The molecule has 2 heterocycles. The van der Waals surface area contributed by atoms with E-state index in [2.05, 4.69) is 22.8 Å². The molecule has 1 N–H and O–H groups in total. The molecule has 4 nitrogen and oxygen atoms in total. The number of aromatic nitrogens is 1. The van der Waals surface area contributed by atoms with Gasteiger partial charge in [-0.05, 0) is 31.4 Å². The molecule has 0 unspecified atom stereocenters. The molecule has 1 saturated carbocycles. The number of carbonyl (C=O) groups is 1. The largest absolute Gasteiger partial charge is 0.359 e. The molecule has 1 aliphatic carbocycles. The standard InChI is InChI=1S/C18H21N3OS/c22-17-6-3-11-21(17)15-9-7-13(8-10-15)16-12-23-18(20-16)19-14-4-1-2-5-14/h7-10,12,14H,1-6,11H2,(H,19,20). The summed E-state index contributed by atoms with van der Waals surface area (Å²) in [7, 11) is 0. The Hall–Kier alpha value is -1.88. The fourth-order valence-corrected chi connectivity index (χ4v) is 4.25. The lowest BCUT2D eigenvalue weighted by Crippen LogP contribution is -2.23.